The third kappa shape index (κ3) is 60.3. The van der Waals surface area contributed by atoms with Crippen LogP contribution in [0, 0.1) is 0 Å². The summed E-state index contributed by atoms with van der Waals surface area (Å²) in [4.78, 5) is 38.3. The molecule has 75 heavy (non-hydrogen) atoms. The zero-order valence-corrected chi connectivity index (χ0v) is 48.5. The Morgan fingerprint density at radius 1 is 0.280 bits per heavy atom. The topological polar surface area (TPSA) is 78.9 Å². The van der Waals surface area contributed by atoms with E-state index < -0.39 is 6.10 Å². The molecule has 0 aromatic rings. The first kappa shape index (κ1) is 70.5. The number of esters is 3. The minimum absolute atomic E-state index is 0.117. The first-order valence-corrected chi connectivity index (χ1v) is 30.7. The Morgan fingerprint density at radius 3 is 0.893 bits per heavy atom. The van der Waals surface area contributed by atoms with Crippen LogP contribution in [0.5, 0.6) is 0 Å². The second-order valence-corrected chi connectivity index (χ2v) is 19.8. The highest BCUT2D eigenvalue weighted by Gasteiger charge is 2.19. The second kappa shape index (κ2) is 62.1. The molecule has 0 saturated heterocycles. The van der Waals surface area contributed by atoms with E-state index in [-0.39, 0.29) is 37.5 Å². The molecule has 0 radical (unpaired) electrons. The average molecular weight is 1040 g/mol. The summed E-state index contributed by atoms with van der Waals surface area (Å²) in [6.07, 6.45) is 87.4. The molecule has 0 spiro atoms. The molecule has 424 valence electrons. The van der Waals surface area contributed by atoms with Crippen molar-refractivity contribution in [2.45, 2.75) is 271 Å². The van der Waals surface area contributed by atoms with Crippen LogP contribution < -0.4 is 0 Å². The van der Waals surface area contributed by atoms with Gasteiger partial charge in [-0.05, 0) is 128 Å². The van der Waals surface area contributed by atoms with E-state index in [0.717, 1.165) is 116 Å². The molecule has 0 unspecified atom stereocenters. The highest BCUT2D eigenvalue weighted by molar-refractivity contribution is 5.71. The molecule has 0 heterocycles. The lowest BCUT2D eigenvalue weighted by Gasteiger charge is -2.18. The van der Waals surface area contributed by atoms with Gasteiger partial charge in [-0.2, -0.15) is 0 Å². The molecule has 1 atom stereocenters. The van der Waals surface area contributed by atoms with Gasteiger partial charge in [0.05, 0.1) is 0 Å². The van der Waals surface area contributed by atoms with Crippen LogP contribution in [0.25, 0.3) is 0 Å². The molecular weight excluding hydrogens is 925 g/mol. The highest BCUT2D eigenvalue weighted by Crippen LogP contribution is 2.15. The predicted octanol–water partition coefficient (Wildman–Crippen LogP) is 21.0. The molecule has 0 N–H and O–H groups in total. The monoisotopic (exact) mass is 1040 g/mol. The van der Waals surface area contributed by atoms with E-state index in [1.807, 2.05) is 0 Å². The lowest BCUT2D eigenvalue weighted by molar-refractivity contribution is -0.167. The number of ether oxygens (including phenoxy) is 3. The summed E-state index contributed by atoms with van der Waals surface area (Å²) in [7, 11) is 0. The van der Waals surface area contributed by atoms with Gasteiger partial charge in [-0.1, -0.05) is 251 Å². The maximum atomic E-state index is 12.9. The summed E-state index contributed by atoms with van der Waals surface area (Å²) < 4.78 is 16.8. The number of hydrogen-bond donors (Lipinski definition) is 0. The lowest BCUT2D eigenvalue weighted by Crippen LogP contribution is -2.30. The maximum absolute atomic E-state index is 12.9. The Kier molecular flexibility index (Phi) is 58.4. The van der Waals surface area contributed by atoms with Crippen molar-refractivity contribution in [3.05, 3.63) is 134 Å². The Bertz CT molecular complexity index is 1620. The van der Waals surface area contributed by atoms with Crippen LogP contribution in [0.2, 0.25) is 0 Å². The molecule has 0 aliphatic heterocycles. The summed E-state index contributed by atoms with van der Waals surface area (Å²) in [5.74, 6) is -1.01. The van der Waals surface area contributed by atoms with Gasteiger partial charge in [-0.25, -0.2) is 0 Å². The zero-order valence-electron chi connectivity index (χ0n) is 48.5. The maximum Gasteiger partial charge on any atom is 0.306 e. The van der Waals surface area contributed by atoms with Crippen molar-refractivity contribution in [1.82, 2.24) is 0 Å². The number of carbonyl (C=O) groups excluding carboxylic acids is 3. The molecule has 0 fully saturated rings. The van der Waals surface area contributed by atoms with Gasteiger partial charge >= 0.3 is 17.9 Å². The van der Waals surface area contributed by atoms with Crippen molar-refractivity contribution >= 4 is 17.9 Å². The zero-order chi connectivity index (χ0) is 54.3. The first-order chi connectivity index (χ1) is 37.0. The second-order valence-electron chi connectivity index (χ2n) is 19.8. The molecule has 0 rings (SSSR count). The van der Waals surface area contributed by atoms with Crippen LogP contribution in [-0.2, 0) is 28.6 Å². The molecule has 0 aromatic heterocycles. The van der Waals surface area contributed by atoms with Crippen molar-refractivity contribution in [3.8, 4) is 0 Å². The minimum Gasteiger partial charge on any atom is -0.462 e. The molecule has 0 aliphatic carbocycles. The van der Waals surface area contributed by atoms with E-state index in [9.17, 15) is 14.4 Å². The van der Waals surface area contributed by atoms with Crippen LogP contribution in [0.15, 0.2) is 134 Å². The van der Waals surface area contributed by atoms with Crippen LogP contribution in [0.1, 0.15) is 265 Å². The summed E-state index contributed by atoms with van der Waals surface area (Å²) in [5.41, 5.74) is 0. The van der Waals surface area contributed by atoms with Gasteiger partial charge in [0.25, 0.3) is 0 Å². The van der Waals surface area contributed by atoms with E-state index in [0.29, 0.717) is 19.3 Å². The van der Waals surface area contributed by atoms with Crippen molar-refractivity contribution in [2.75, 3.05) is 13.2 Å². The minimum atomic E-state index is -0.821. The highest BCUT2D eigenvalue weighted by atomic mass is 16.6. The molecule has 0 aromatic carbocycles. The fourth-order valence-electron chi connectivity index (χ4n) is 8.09. The fourth-order valence-corrected chi connectivity index (χ4v) is 8.09. The number of rotatable bonds is 54. The quantitative estimate of drug-likeness (QED) is 0.0261. The normalized spacial score (nSPS) is 13.1. The third-order valence-corrected chi connectivity index (χ3v) is 12.6. The van der Waals surface area contributed by atoms with Crippen molar-refractivity contribution < 1.29 is 28.6 Å². The summed E-state index contributed by atoms with van der Waals surface area (Å²) in [6, 6.07) is 0. The first-order valence-electron chi connectivity index (χ1n) is 30.7. The molecule has 0 aliphatic rings. The summed E-state index contributed by atoms with van der Waals surface area (Å²) in [6.45, 7) is 6.34. The summed E-state index contributed by atoms with van der Waals surface area (Å²) >= 11 is 0. The lowest BCUT2D eigenvalue weighted by atomic mass is 10.0. The Morgan fingerprint density at radius 2 is 0.533 bits per heavy atom. The molecule has 0 bridgehead atoms. The molecule has 6 heteroatoms. The van der Waals surface area contributed by atoms with E-state index >= 15 is 0 Å². The largest absolute Gasteiger partial charge is 0.462 e. The van der Waals surface area contributed by atoms with E-state index in [1.54, 1.807) is 0 Å². The number of allylic oxidation sites excluding steroid dienone is 22. The smallest absolute Gasteiger partial charge is 0.306 e. The molecule has 0 amide bonds. The van der Waals surface area contributed by atoms with Crippen molar-refractivity contribution in [2.24, 2.45) is 0 Å². The van der Waals surface area contributed by atoms with Crippen LogP contribution in [0.4, 0.5) is 0 Å². The van der Waals surface area contributed by atoms with Crippen molar-refractivity contribution in [3.63, 3.8) is 0 Å². The van der Waals surface area contributed by atoms with Crippen molar-refractivity contribution in [1.29, 1.82) is 0 Å². The van der Waals surface area contributed by atoms with Crippen LogP contribution >= 0.6 is 0 Å². The van der Waals surface area contributed by atoms with Gasteiger partial charge in [0.2, 0.25) is 0 Å². The molecule has 0 saturated carbocycles. The summed E-state index contributed by atoms with van der Waals surface area (Å²) in [5, 5.41) is 0. The average Bonchev–Trinajstić information content (AvgIpc) is 3.41. The van der Waals surface area contributed by atoms with E-state index in [1.165, 1.54) is 103 Å². The van der Waals surface area contributed by atoms with Crippen LogP contribution in [-0.4, -0.2) is 37.2 Å². The van der Waals surface area contributed by atoms with E-state index in [2.05, 4.69) is 154 Å². The van der Waals surface area contributed by atoms with Gasteiger partial charge in [0.15, 0.2) is 6.10 Å². The SMILES string of the molecule is CC/C=C\C/C=C\C/C=C\C/C=C\C/C=C\CCCCCC(=O)OC[C@H](COC(=O)CCC/C=C\C/C=C\C/C=C\C/C=C\C/C=C\CC)OC(=O)CCCCCCCCCCCCC/C=C\CCCCCCCC. The van der Waals surface area contributed by atoms with Gasteiger partial charge in [0.1, 0.15) is 13.2 Å². The Balaban J connectivity index is 4.52. The number of hydrogen-bond acceptors (Lipinski definition) is 6. The van der Waals surface area contributed by atoms with Gasteiger partial charge in [0, 0.05) is 19.3 Å². The predicted molar refractivity (Wildman–Crippen MR) is 325 cm³/mol. The van der Waals surface area contributed by atoms with Gasteiger partial charge in [-0.3, -0.25) is 14.4 Å². The number of carbonyl (C=O) groups is 3. The van der Waals surface area contributed by atoms with Gasteiger partial charge < -0.3 is 14.2 Å². The van der Waals surface area contributed by atoms with E-state index in [4.69, 9.17) is 14.2 Å². The number of unbranched alkanes of at least 4 members (excludes halogenated alkanes) is 21. The standard InChI is InChI=1S/C69H112O6/c1-4-7-10-13-16-19-22-25-28-31-33-34-36-39-42-45-48-51-54-57-60-63-69(72)75-66(64-73-67(70)61-58-55-52-49-46-43-40-37-30-27-24-21-18-15-12-9-6-3)65-74-68(71)62-59-56-53-50-47-44-41-38-35-32-29-26-23-20-17-14-11-8-5-2/h8-9,11-12,17-18,20-21,25-30,35,38,40,43-44,47,49,52,66H,4-7,10,13-16,19,22-24,31-34,36-37,39,41-42,45-46,48,50-51,53-65H2,1-3H3/b11-8-,12-9-,20-17-,21-18-,28-25-,29-26-,30-27-,38-35-,43-40-,47-44-,52-49-/t66-/m0/s1. The van der Waals surface area contributed by atoms with Gasteiger partial charge in [-0.15, -0.1) is 0 Å². The molecular formula is C69H112O6. The Labute approximate surface area is 462 Å². The Hall–Kier alpha value is -4.45. The fraction of sp³-hybridized carbons (Fsp3) is 0.638. The third-order valence-electron chi connectivity index (χ3n) is 12.6. The van der Waals surface area contributed by atoms with Crippen LogP contribution in [0.3, 0.4) is 0 Å². The molecule has 6 nitrogen and oxygen atoms in total.